The molecular formula is C16H19N5O3S. The van der Waals surface area contributed by atoms with E-state index in [0.29, 0.717) is 35.7 Å². The zero-order chi connectivity index (χ0) is 18.0. The fourth-order valence-corrected chi connectivity index (χ4v) is 4.43. The van der Waals surface area contributed by atoms with E-state index in [1.807, 2.05) is 6.07 Å². The molecule has 2 aromatic rings. The molecule has 1 aromatic carbocycles. The Morgan fingerprint density at radius 1 is 1.48 bits per heavy atom. The number of aryl methyl sites for hydroxylation is 2. The maximum atomic E-state index is 12.8. The van der Waals surface area contributed by atoms with E-state index in [9.17, 15) is 8.42 Å². The molecule has 0 aliphatic carbocycles. The van der Waals surface area contributed by atoms with Gasteiger partial charge in [0.2, 0.25) is 10.0 Å². The van der Waals surface area contributed by atoms with Gasteiger partial charge in [0.1, 0.15) is 12.4 Å². The van der Waals surface area contributed by atoms with E-state index in [4.69, 9.17) is 10.00 Å². The van der Waals surface area contributed by atoms with Crippen LogP contribution >= 0.6 is 0 Å². The molecule has 0 bridgehead atoms. The van der Waals surface area contributed by atoms with Gasteiger partial charge in [-0.25, -0.2) is 22.8 Å². The van der Waals surface area contributed by atoms with Crippen LogP contribution in [0.25, 0.3) is 0 Å². The Bertz CT molecular complexity index is 930. The number of hydrogen-bond acceptors (Lipinski definition) is 6. The number of nitrogens with zero attached hydrogens (tertiary/aromatic N) is 4. The highest BCUT2D eigenvalue weighted by atomic mass is 32.2. The molecule has 132 valence electrons. The number of sulfonamides is 1. The van der Waals surface area contributed by atoms with Gasteiger partial charge in [-0.3, -0.25) is 0 Å². The van der Waals surface area contributed by atoms with E-state index in [1.165, 1.54) is 12.1 Å². The number of hydrogen-bond donors (Lipinski definition) is 1. The lowest BCUT2D eigenvalue weighted by atomic mass is 10.1. The lowest BCUT2D eigenvalue weighted by molar-refractivity contribution is 0.177. The SMILES string of the molecule is COCc1nc2n(n1)CCCC2NS(=O)(=O)c1ccc(C#N)cc1C. The summed E-state index contributed by atoms with van der Waals surface area (Å²) in [6.45, 7) is 2.67. The van der Waals surface area contributed by atoms with Crippen LogP contribution < -0.4 is 4.72 Å². The summed E-state index contributed by atoms with van der Waals surface area (Å²) < 4.78 is 35.1. The van der Waals surface area contributed by atoms with Crippen molar-refractivity contribution in [3.8, 4) is 6.07 Å². The van der Waals surface area contributed by atoms with Crippen LogP contribution in [0.5, 0.6) is 0 Å². The molecule has 1 aliphatic heterocycles. The summed E-state index contributed by atoms with van der Waals surface area (Å²) in [6, 6.07) is 6.09. The van der Waals surface area contributed by atoms with Crippen LogP contribution in [0.2, 0.25) is 0 Å². The summed E-state index contributed by atoms with van der Waals surface area (Å²) >= 11 is 0. The minimum absolute atomic E-state index is 0.167. The Labute approximate surface area is 146 Å². The number of fused-ring (bicyclic) bond motifs is 1. The molecule has 1 aliphatic rings. The second-order valence-electron chi connectivity index (χ2n) is 5.95. The third-order valence-electron chi connectivity index (χ3n) is 4.08. The van der Waals surface area contributed by atoms with Crippen molar-refractivity contribution in [2.45, 2.75) is 43.9 Å². The van der Waals surface area contributed by atoms with E-state index >= 15 is 0 Å². The van der Waals surface area contributed by atoms with Crippen molar-refractivity contribution in [3.05, 3.63) is 41.0 Å². The van der Waals surface area contributed by atoms with Crippen molar-refractivity contribution >= 4 is 10.0 Å². The highest BCUT2D eigenvalue weighted by Gasteiger charge is 2.29. The Hall–Kier alpha value is -2.28. The van der Waals surface area contributed by atoms with Gasteiger partial charge in [0.05, 0.1) is 22.6 Å². The van der Waals surface area contributed by atoms with Crippen LogP contribution in [0.3, 0.4) is 0 Å². The summed E-state index contributed by atoms with van der Waals surface area (Å²) in [6.07, 6.45) is 1.46. The number of rotatable bonds is 5. The molecule has 0 saturated carbocycles. The van der Waals surface area contributed by atoms with Gasteiger partial charge in [0, 0.05) is 13.7 Å². The van der Waals surface area contributed by atoms with Crippen molar-refractivity contribution in [1.82, 2.24) is 19.5 Å². The number of aromatic nitrogens is 3. The van der Waals surface area contributed by atoms with Gasteiger partial charge in [-0.15, -0.1) is 0 Å². The maximum Gasteiger partial charge on any atom is 0.241 e. The van der Waals surface area contributed by atoms with Crippen LogP contribution in [0, 0.1) is 18.3 Å². The topological polar surface area (TPSA) is 110 Å². The lowest BCUT2D eigenvalue weighted by Crippen LogP contribution is -2.33. The Kier molecular flexibility index (Phi) is 4.85. The van der Waals surface area contributed by atoms with Crippen LogP contribution in [-0.2, 0) is 27.9 Å². The fourth-order valence-electron chi connectivity index (χ4n) is 2.97. The molecule has 0 fully saturated rings. The lowest BCUT2D eigenvalue weighted by Gasteiger charge is -2.23. The number of nitrogens with one attached hydrogen (secondary N) is 1. The first kappa shape index (κ1) is 17.5. The van der Waals surface area contributed by atoms with Crippen LogP contribution in [0.1, 0.15) is 41.7 Å². The van der Waals surface area contributed by atoms with Crippen LogP contribution in [-0.4, -0.2) is 30.3 Å². The molecule has 0 amide bonds. The Balaban J connectivity index is 1.89. The monoisotopic (exact) mass is 361 g/mol. The predicted molar refractivity (Wildman–Crippen MR) is 88.9 cm³/mol. The van der Waals surface area contributed by atoms with Crippen molar-refractivity contribution < 1.29 is 13.2 Å². The first-order valence-electron chi connectivity index (χ1n) is 7.90. The Morgan fingerprint density at radius 2 is 2.28 bits per heavy atom. The zero-order valence-corrected chi connectivity index (χ0v) is 14.9. The summed E-state index contributed by atoms with van der Waals surface area (Å²) in [4.78, 5) is 4.57. The van der Waals surface area contributed by atoms with Gasteiger partial charge in [-0.1, -0.05) is 0 Å². The highest BCUT2D eigenvalue weighted by molar-refractivity contribution is 7.89. The molecule has 1 atom stereocenters. The van der Waals surface area contributed by atoms with E-state index in [-0.39, 0.29) is 11.5 Å². The summed E-state index contributed by atoms with van der Waals surface area (Å²) in [5.41, 5.74) is 0.960. The number of methoxy groups -OCH3 is 1. The van der Waals surface area contributed by atoms with Crippen molar-refractivity contribution in [1.29, 1.82) is 5.26 Å². The average Bonchev–Trinajstić information content (AvgIpc) is 2.98. The zero-order valence-electron chi connectivity index (χ0n) is 14.1. The second kappa shape index (κ2) is 6.92. The smallest absolute Gasteiger partial charge is 0.241 e. The first-order valence-corrected chi connectivity index (χ1v) is 9.38. The van der Waals surface area contributed by atoms with E-state index in [0.717, 1.165) is 6.42 Å². The molecule has 0 spiro atoms. The van der Waals surface area contributed by atoms with E-state index < -0.39 is 16.1 Å². The number of ether oxygens (including phenoxy) is 1. The highest BCUT2D eigenvalue weighted by Crippen LogP contribution is 2.26. The first-order chi connectivity index (χ1) is 11.9. The van der Waals surface area contributed by atoms with E-state index in [1.54, 1.807) is 24.8 Å². The molecule has 3 rings (SSSR count). The molecule has 25 heavy (non-hydrogen) atoms. The molecule has 0 radical (unpaired) electrons. The maximum absolute atomic E-state index is 12.8. The molecule has 8 nitrogen and oxygen atoms in total. The molecule has 9 heteroatoms. The summed E-state index contributed by atoms with van der Waals surface area (Å²) in [7, 11) is -2.17. The van der Waals surface area contributed by atoms with E-state index in [2.05, 4.69) is 14.8 Å². The third kappa shape index (κ3) is 3.56. The molecule has 1 unspecified atom stereocenters. The van der Waals surface area contributed by atoms with Gasteiger partial charge < -0.3 is 4.74 Å². The number of benzene rings is 1. The van der Waals surface area contributed by atoms with Crippen molar-refractivity contribution in [2.24, 2.45) is 0 Å². The van der Waals surface area contributed by atoms with Crippen molar-refractivity contribution in [2.75, 3.05) is 7.11 Å². The molecule has 0 saturated heterocycles. The quantitative estimate of drug-likeness (QED) is 0.862. The minimum atomic E-state index is -3.73. The molecular weight excluding hydrogens is 342 g/mol. The molecule has 2 heterocycles. The fraction of sp³-hybridized carbons (Fsp3) is 0.438. The largest absolute Gasteiger partial charge is 0.377 e. The second-order valence-corrected chi connectivity index (χ2v) is 7.63. The summed E-state index contributed by atoms with van der Waals surface area (Å²) in [5.74, 6) is 1.14. The minimum Gasteiger partial charge on any atom is -0.377 e. The predicted octanol–water partition coefficient (Wildman–Crippen LogP) is 1.42. The average molecular weight is 361 g/mol. The summed E-state index contributed by atoms with van der Waals surface area (Å²) in [5, 5.41) is 13.3. The molecule has 1 aromatic heterocycles. The van der Waals surface area contributed by atoms with Gasteiger partial charge in [-0.05, 0) is 43.5 Å². The van der Waals surface area contributed by atoms with Gasteiger partial charge in [0.25, 0.3) is 0 Å². The van der Waals surface area contributed by atoms with Gasteiger partial charge in [0.15, 0.2) is 5.82 Å². The molecule has 1 N–H and O–H groups in total. The third-order valence-corrected chi connectivity index (χ3v) is 5.71. The van der Waals surface area contributed by atoms with Crippen LogP contribution in [0.4, 0.5) is 0 Å². The normalized spacial score (nSPS) is 17.1. The van der Waals surface area contributed by atoms with Crippen LogP contribution in [0.15, 0.2) is 23.1 Å². The van der Waals surface area contributed by atoms with Crippen molar-refractivity contribution in [3.63, 3.8) is 0 Å². The standard InChI is InChI=1S/C16H19N5O3S/c1-11-8-12(9-17)5-6-14(11)25(22,23)20-13-4-3-7-21-16(13)18-15(19-21)10-24-2/h5-6,8,13,20H,3-4,7,10H2,1-2H3. The van der Waals surface area contributed by atoms with Gasteiger partial charge in [-0.2, -0.15) is 10.4 Å². The number of nitriles is 1. The van der Waals surface area contributed by atoms with Gasteiger partial charge >= 0.3 is 0 Å². The Morgan fingerprint density at radius 3 is 2.96 bits per heavy atom.